The van der Waals surface area contributed by atoms with Crippen molar-refractivity contribution in [1.29, 1.82) is 0 Å². The van der Waals surface area contributed by atoms with E-state index in [-0.39, 0.29) is 12.5 Å². The number of nitrogens with zero attached hydrogens (tertiary/aromatic N) is 4. The lowest BCUT2D eigenvalue weighted by Crippen LogP contribution is -2.31. The van der Waals surface area contributed by atoms with Gasteiger partial charge < -0.3 is 14.8 Å². The number of nitrogens with one attached hydrogen (secondary N) is 1. The van der Waals surface area contributed by atoms with Crippen molar-refractivity contribution in [3.05, 3.63) is 71.5 Å². The topological polar surface area (TPSA) is 81.5 Å². The van der Waals surface area contributed by atoms with Gasteiger partial charge in [0.15, 0.2) is 0 Å². The minimum absolute atomic E-state index is 0.115. The first-order chi connectivity index (χ1) is 14.7. The minimum atomic E-state index is -0.115. The van der Waals surface area contributed by atoms with E-state index in [2.05, 4.69) is 38.7 Å². The van der Waals surface area contributed by atoms with Crippen LogP contribution in [-0.2, 0) is 31.0 Å². The molecular weight excluding hydrogens is 382 g/mol. The van der Waals surface area contributed by atoms with E-state index in [0.29, 0.717) is 26.2 Å². The van der Waals surface area contributed by atoms with Gasteiger partial charge in [0.2, 0.25) is 5.91 Å². The van der Waals surface area contributed by atoms with Gasteiger partial charge in [-0.25, -0.2) is 4.68 Å². The van der Waals surface area contributed by atoms with Gasteiger partial charge in [0.25, 0.3) is 0 Å². The molecule has 8 nitrogen and oxygen atoms in total. The molecule has 2 heterocycles. The maximum absolute atomic E-state index is 12.1. The fraction of sp³-hybridized carbons (Fsp3) is 0.318. The predicted molar refractivity (Wildman–Crippen MR) is 111 cm³/mol. The van der Waals surface area contributed by atoms with E-state index < -0.39 is 0 Å². The second-order valence-corrected chi connectivity index (χ2v) is 7.21. The highest BCUT2D eigenvalue weighted by atomic mass is 16.5. The number of rotatable bonds is 3. The molecular formula is C22H25N5O3. The lowest BCUT2D eigenvalue weighted by molar-refractivity contribution is -0.121. The van der Waals surface area contributed by atoms with Crippen molar-refractivity contribution in [3.63, 3.8) is 0 Å². The smallest absolute Gasteiger partial charge is 0.241 e. The highest BCUT2D eigenvalue weighted by Crippen LogP contribution is 2.22. The first-order valence-corrected chi connectivity index (χ1v) is 9.91. The molecule has 4 rings (SSSR count). The lowest BCUT2D eigenvalue weighted by Gasteiger charge is -2.23. The molecule has 0 fully saturated rings. The van der Waals surface area contributed by atoms with Crippen LogP contribution >= 0.6 is 0 Å². The van der Waals surface area contributed by atoms with Crippen LogP contribution in [0.25, 0.3) is 0 Å². The number of methoxy groups -OCH3 is 1. The van der Waals surface area contributed by atoms with E-state index in [1.807, 2.05) is 36.5 Å². The fourth-order valence-electron chi connectivity index (χ4n) is 3.44. The molecule has 0 aliphatic carbocycles. The van der Waals surface area contributed by atoms with Crippen LogP contribution in [0.15, 0.2) is 54.7 Å². The number of carbonyl (C=O) groups is 1. The van der Waals surface area contributed by atoms with Crippen molar-refractivity contribution in [1.82, 2.24) is 25.2 Å². The van der Waals surface area contributed by atoms with Crippen LogP contribution in [0.4, 0.5) is 0 Å². The van der Waals surface area contributed by atoms with Crippen molar-refractivity contribution < 1.29 is 14.3 Å². The number of amides is 1. The second-order valence-electron chi connectivity index (χ2n) is 7.21. The normalized spacial score (nSPS) is 15.4. The molecule has 1 aliphatic heterocycles. The van der Waals surface area contributed by atoms with Gasteiger partial charge in [0.05, 0.1) is 25.5 Å². The summed E-state index contributed by atoms with van der Waals surface area (Å²) in [6, 6.07) is 16.1. The van der Waals surface area contributed by atoms with E-state index in [4.69, 9.17) is 9.47 Å². The number of benzene rings is 2. The summed E-state index contributed by atoms with van der Waals surface area (Å²) >= 11 is 0. The largest absolute Gasteiger partial charge is 0.497 e. The fourth-order valence-corrected chi connectivity index (χ4v) is 3.44. The van der Waals surface area contributed by atoms with Crippen LogP contribution in [0.2, 0.25) is 0 Å². The first-order valence-electron chi connectivity index (χ1n) is 9.91. The molecule has 1 N–H and O–H groups in total. The number of para-hydroxylation sites is 1. The summed E-state index contributed by atoms with van der Waals surface area (Å²) in [4.78, 5) is 14.4. The van der Waals surface area contributed by atoms with Gasteiger partial charge in [-0.05, 0) is 23.8 Å². The molecule has 30 heavy (non-hydrogen) atoms. The Morgan fingerprint density at radius 1 is 1.10 bits per heavy atom. The number of hydrogen-bond donors (Lipinski definition) is 1. The summed E-state index contributed by atoms with van der Waals surface area (Å²) in [6.07, 6.45) is 1.83. The summed E-state index contributed by atoms with van der Waals surface area (Å²) in [5, 5.41) is 11.2. The molecule has 0 saturated carbocycles. The Morgan fingerprint density at radius 2 is 1.93 bits per heavy atom. The molecule has 0 radical (unpaired) electrons. The molecule has 8 heteroatoms. The van der Waals surface area contributed by atoms with E-state index in [0.717, 1.165) is 29.3 Å². The van der Waals surface area contributed by atoms with Crippen LogP contribution in [0.1, 0.15) is 16.8 Å². The van der Waals surface area contributed by atoms with Crippen LogP contribution in [0, 0.1) is 0 Å². The maximum atomic E-state index is 12.1. The molecule has 156 valence electrons. The summed E-state index contributed by atoms with van der Waals surface area (Å²) in [5.74, 6) is 1.54. The lowest BCUT2D eigenvalue weighted by atomic mass is 10.1. The van der Waals surface area contributed by atoms with Crippen molar-refractivity contribution in [2.45, 2.75) is 26.2 Å². The summed E-state index contributed by atoms with van der Waals surface area (Å²) in [6.45, 7) is 3.01. The molecule has 2 aromatic carbocycles. The minimum Gasteiger partial charge on any atom is -0.497 e. The maximum Gasteiger partial charge on any atom is 0.241 e. The second kappa shape index (κ2) is 9.41. The standard InChI is InChI=1S/C22H25N5O3/c1-29-20-8-6-17(7-9-20)12-26-13-18-4-2-3-5-21(18)30-11-10-23-22(28)16-27-15-19(14-26)24-25-27/h2-9,15H,10-14,16H2,1H3,(H,23,28). The Morgan fingerprint density at radius 3 is 2.77 bits per heavy atom. The number of fused-ring (bicyclic) bond motifs is 3. The van der Waals surface area contributed by atoms with Gasteiger partial charge in [-0.15, -0.1) is 5.10 Å². The molecule has 0 saturated heterocycles. The Kier molecular flexibility index (Phi) is 6.24. The summed E-state index contributed by atoms with van der Waals surface area (Å²) in [7, 11) is 1.66. The summed E-state index contributed by atoms with van der Waals surface area (Å²) in [5.41, 5.74) is 3.07. The molecule has 0 unspecified atom stereocenters. The van der Waals surface area contributed by atoms with Crippen LogP contribution < -0.4 is 14.8 Å². The Labute approximate surface area is 175 Å². The van der Waals surface area contributed by atoms with Crippen LogP contribution in [0.5, 0.6) is 11.5 Å². The van der Waals surface area contributed by atoms with E-state index >= 15 is 0 Å². The molecule has 0 atom stereocenters. The quantitative estimate of drug-likeness (QED) is 0.715. The predicted octanol–water partition coefficient (Wildman–Crippen LogP) is 2.00. The number of hydrogen-bond acceptors (Lipinski definition) is 6. The molecule has 1 aliphatic rings. The van der Waals surface area contributed by atoms with Crippen molar-refractivity contribution in [2.75, 3.05) is 20.3 Å². The van der Waals surface area contributed by atoms with Gasteiger partial charge in [0.1, 0.15) is 24.7 Å². The van der Waals surface area contributed by atoms with Crippen molar-refractivity contribution >= 4 is 5.91 Å². The Hall–Kier alpha value is -3.39. The van der Waals surface area contributed by atoms with Gasteiger partial charge >= 0.3 is 0 Å². The Bertz CT molecular complexity index is 986. The van der Waals surface area contributed by atoms with Gasteiger partial charge in [0, 0.05) is 25.2 Å². The number of aromatic nitrogens is 3. The van der Waals surface area contributed by atoms with Gasteiger partial charge in [-0.1, -0.05) is 35.5 Å². The first kappa shape index (κ1) is 19.9. The Balaban J connectivity index is 1.61. The monoisotopic (exact) mass is 407 g/mol. The van der Waals surface area contributed by atoms with Gasteiger partial charge in [-0.3, -0.25) is 9.69 Å². The van der Waals surface area contributed by atoms with Gasteiger partial charge in [-0.2, -0.15) is 0 Å². The number of carbonyl (C=O) groups excluding carboxylic acids is 1. The van der Waals surface area contributed by atoms with E-state index in [9.17, 15) is 4.79 Å². The average Bonchev–Trinajstić information content (AvgIpc) is 3.18. The molecule has 2 bridgehead atoms. The van der Waals surface area contributed by atoms with E-state index in [1.165, 1.54) is 5.56 Å². The SMILES string of the molecule is COc1ccc(CN2Cc3cn(nn3)CC(=O)NCCOc3ccccc3C2)cc1. The zero-order valence-electron chi connectivity index (χ0n) is 17.0. The number of ether oxygens (including phenoxy) is 2. The van der Waals surface area contributed by atoms with E-state index in [1.54, 1.807) is 11.8 Å². The van der Waals surface area contributed by atoms with Crippen molar-refractivity contribution in [2.24, 2.45) is 0 Å². The zero-order valence-corrected chi connectivity index (χ0v) is 17.0. The molecule has 0 spiro atoms. The average molecular weight is 407 g/mol. The third-order valence-electron chi connectivity index (χ3n) is 4.89. The molecule has 1 aromatic heterocycles. The molecule has 3 aromatic rings. The zero-order chi connectivity index (χ0) is 20.8. The highest BCUT2D eigenvalue weighted by molar-refractivity contribution is 5.75. The highest BCUT2D eigenvalue weighted by Gasteiger charge is 2.15. The third kappa shape index (κ3) is 5.15. The van der Waals surface area contributed by atoms with Crippen LogP contribution in [-0.4, -0.2) is 46.1 Å². The van der Waals surface area contributed by atoms with Crippen LogP contribution in [0.3, 0.4) is 0 Å². The summed E-state index contributed by atoms with van der Waals surface area (Å²) < 4.78 is 12.8. The third-order valence-corrected chi connectivity index (χ3v) is 4.89. The molecule has 1 amide bonds. The van der Waals surface area contributed by atoms with Crippen molar-refractivity contribution in [3.8, 4) is 11.5 Å².